The van der Waals surface area contributed by atoms with Gasteiger partial charge in [0.2, 0.25) is 5.91 Å². The Morgan fingerprint density at radius 2 is 2.30 bits per heavy atom. The van der Waals surface area contributed by atoms with Gasteiger partial charge in [0.25, 0.3) is 0 Å². The van der Waals surface area contributed by atoms with Gasteiger partial charge in [-0.2, -0.15) is 0 Å². The van der Waals surface area contributed by atoms with E-state index in [0.717, 1.165) is 30.1 Å². The van der Waals surface area contributed by atoms with Crippen LogP contribution in [0.25, 0.3) is 0 Å². The van der Waals surface area contributed by atoms with E-state index < -0.39 is 0 Å². The van der Waals surface area contributed by atoms with E-state index in [1.807, 2.05) is 20.8 Å². The van der Waals surface area contributed by atoms with Gasteiger partial charge in [0.15, 0.2) is 5.13 Å². The normalized spacial score (nSPS) is 24.9. The summed E-state index contributed by atoms with van der Waals surface area (Å²) in [6.45, 7) is 10.6. The van der Waals surface area contributed by atoms with Crippen molar-refractivity contribution in [3.05, 3.63) is 10.6 Å². The molecule has 112 valence electrons. The molecule has 1 aliphatic heterocycles. The molecule has 3 N–H and O–H groups in total. The minimum atomic E-state index is -0.145. The SMILES string of the molecule is Cc1nc(NC(=O)C(C)N2CCC(C)(CN)C2)sc1C. The number of hydrogen-bond donors (Lipinski definition) is 2. The Bertz CT molecular complexity index is 482. The Labute approximate surface area is 124 Å². The molecule has 0 saturated carbocycles. The summed E-state index contributed by atoms with van der Waals surface area (Å²) in [5.41, 5.74) is 6.94. The van der Waals surface area contributed by atoms with Gasteiger partial charge >= 0.3 is 0 Å². The first-order valence-electron chi connectivity index (χ1n) is 7.04. The van der Waals surface area contributed by atoms with Gasteiger partial charge in [-0.3, -0.25) is 9.69 Å². The molecule has 2 atom stereocenters. The fourth-order valence-corrected chi connectivity index (χ4v) is 3.28. The second kappa shape index (κ2) is 5.79. The van der Waals surface area contributed by atoms with Crippen LogP contribution < -0.4 is 11.1 Å². The first kappa shape index (κ1) is 15.4. The lowest BCUT2D eigenvalue weighted by Crippen LogP contribution is -2.42. The summed E-state index contributed by atoms with van der Waals surface area (Å²) in [5.74, 6) is 0.0139. The number of aryl methyl sites for hydroxylation is 2. The largest absolute Gasteiger partial charge is 0.330 e. The highest BCUT2D eigenvalue weighted by atomic mass is 32.1. The fourth-order valence-electron chi connectivity index (χ4n) is 2.46. The van der Waals surface area contributed by atoms with Crippen LogP contribution in [0.5, 0.6) is 0 Å². The molecule has 6 heteroatoms. The molecule has 1 amide bonds. The van der Waals surface area contributed by atoms with Crippen LogP contribution in [-0.4, -0.2) is 41.5 Å². The third kappa shape index (κ3) is 3.19. The van der Waals surface area contributed by atoms with E-state index in [4.69, 9.17) is 5.73 Å². The first-order valence-corrected chi connectivity index (χ1v) is 7.85. The van der Waals surface area contributed by atoms with Crippen LogP contribution in [0.4, 0.5) is 5.13 Å². The molecule has 1 aromatic heterocycles. The van der Waals surface area contributed by atoms with Crippen LogP contribution >= 0.6 is 11.3 Å². The van der Waals surface area contributed by atoms with Crippen molar-refractivity contribution in [2.45, 2.75) is 40.2 Å². The summed E-state index contributed by atoms with van der Waals surface area (Å²) in [6, 6.07) is -0.145. The zero-order chi connectivity index (χ0) is 14.9. The van der Waals surface area contributed by atoms with Gasteiger partial charge in [-0.05, 0) is 45.7 Å². The summed E-state index contributed by atoms with van der Waals surface area (Å²) >= 11 is 1.53. The molecule has 0 aliphatic carbocycles. The molecule has 0 spiro atoms. The maximum absolute atomic E-state index is 12.3. The van der Waals surface area contributed by atoms with E-state index in [2.05, 4.69) is 22.1 Å². The predicted octanol–water partition coefficient (Wildman–Crippen LogP) is 1.76. The number of carbonyl (C=O) groups excluding carboxylic acids is 1. The molecule has 1 saturated heterocycles. The van der Waals surface area contributed by atoms with Crippen molar-refractivity contribution in [2.24, 2.45) is 11.1 Å². The highest BCUT2D eigenvalue weighted by molar-refractivity contribution is 7.15. The van der Waals surface area contributed by atoms with Crippen LogP contribution in [0, 0.1) is 19.3 Å². The van der Waals surface area contributed by atoms with Gasteiger partial charge in [-0.15, -0.1) is 11.3 Å². The molecule has 20 heavy (non-hydrogen) atoms. The molecule has 1 aliphatic rings. The molecule has 0 aromatic carbocycles. The Hall–Kier alpha value is -0.980. The Balaban J connectivity index is 1.96. The number of carbonyl (C=O) groups is 1. The fraction of sp³-hybridized carbons (Fsp3) is 0.714. The van der Waals surface area contributed by atoms with Crippen molar-refractivity contribution >= 4 is 22.4 Å². The number of anilines is 1. The smallest absolute Gasteiger partial charge is 0.243 e. The maximum Gasteiger partial charge on any atom is 0.243 e. The quantitative estimate of drug-likeness (QED) is 0.888. The summed E-state index contributed by atoms with van der Waals surface area (Å²) in [7, 11) is 0. The number of hydrogen-bond acceptors (Lipinski definition) is 5. The average molecular weight is 296 g/mol. The summed E-state index contributed by atoms with van der Waals surface area (Å²) < 4.78 is 0. The van der Waals surface area contributed by atoms with Crippen molar-refractivity contribution in [2.75, 3.05) is 25.0 Å². The number of thiazole rings is 1. The number of nitrogens with one attached hydrogen (secondary N) is 1. The standard InChI is InChI=1S/C14H24N4OS/c1-9-11(3)20-13(16-9)17-12(19)10(2)18-6-5-14(4,7-15)8-18/h10H,5-8,15H2,1-4H3,(H,16,17,19). The number of likely N-dealkylation sites (tertiary alicyclic amines) is 1. The van der Waals surface area contributed by atoms with Crippen molar-refractivity contribution in [1.29, 1.82) is 0 Å². The van der Waals surface area contributed by atoms with E-state index in [9.17, 15) is 4.79 Å². The number of rotatable bonds is 4. The summed E-state index contributed by atoms with van der Waals surface area (Å²) in [4.78, 5) is 20.0. The van der Waals surface area contributed by atoms with E-state index in [1.165, 1.54) is 11.3 Å². The van der Waals surface area contributed by atoms with Crippen molar-refractivity contribution < 1.29 is 4.79 Å². The highest BCUT2D eigenvalue weighted by Gasteiger charge is 2.36. The lowest BCUT2D eigenvalue weighted by molar-refractivity contribution is -0.120. The van der Waals surface area contributed by atoms with Gasteiger partial charge in [-0.25, -0.2) is 4.98 Å². The number of aromatic nitrogens is 1. The molecule has 5 nitrogen and oxygen atoms in total. The van der Waals surface area contributed by atoms with E-state index in [-0.39, 0.29) is 17.4 Å². The van der Waals surface area contributed by atoms with Crippen molar-refractivity contribution in [3.8, 4) is 0 Å². The van der Waals surface area contributed by atoms with Gasteiger partial charge in [0.05, 0.1) is 11.7 Å². The first-order chi connectivity index (χ1) is 9.34. The van der Waals surface area contributed by atoms with Gasteiger partial charge < -0.3 is 11.1 Å². The van der Waals surface area contributed by atoms with E-state index in [1.54, 1.807) is 0 Å². The molecule has 2 heterocycles. The molecule has 1 aromatic rings. The molecule has 2 unspecified atom stereocenters. The highest BCUT2D eigenvalue weighted by Crippen LogP contribution is 2.30. The van der Waals surface area contributed by atoms with Crippen LogP contribution in [0.2, 0.25) is 0 Å². The van der Waals surface area contributed by atoms with Crippen LogP contribution in [0.3, 0.4) is 0 Å². The molecular formula is C14H24N4OS. The van der Waals surface area contributed by atoms with Crippen molar-refractivity contribution in [3.63, 3.8) is 0 Å². The Kier molecular flexibility index (Phi) is 4.46. The van der Waals surface area contributed by atoms with Crippen LogP contribution in [0.15, 0.2) is 0 Å². The van der Waals surface area contributed by atoms with E-state index >= 15 is 0 Å². The van der Waals surface area contributed by atoms with Crippen LogP contribution in [-0.2, 0) is 4.79 Å². The Morgan fingerprint density at radius 1 is 1.60 bits per heavy atom. The topological polar surface area (TPSA) is 71.2 Å². The maximum atomic E-state index is 12.3. The summed E-state index contributed by atoms with van der Waals surface area (Å²) in [5, 5.41) is 3.61. The Morgan fingerprint density at radius 3 is 2.80 bits per heavy atom. The lowest BCUT2D eigenvalue weighted by Gasteiger charge is -2.26. The molecular weight excluding hydrogens is 272 g/mol. The lowest BCUT2D eigenvalue weighted by atomic mass is 9.90. The van der Waals surface area contributed by atoms with Crippen LogP contribution in [0.1, 0.15) is 30.8 Å². The zero-order valence-corrected chi connectivity index (χ0v) is 13.5. The number of nitrogens with two attached hydrogens (primary N) is 1. The van der Waals surface area contributed by atoms with Crippen molar-refractivity contribution in [1.82, 2.24) is 9.88 Å². The second-order valence-corrected chi connectivity index (χ2v) is 7.26. The number of amides is 1. The third-order valence-corrected chi connectivity index (χ3v) is 5.25. The summed E-state index contributed by atoms with van der Waals surface area (Å²) in [6.07, 6.45) is 1.05. The molecule has 0 radical (unpaired) electrons. The van der Waals surface area contributed by atoms with E-state index in [0.29, 0.717) is 11.7 Å². The minimum absolute atomic E-state index is 0.0139. The average Bonchev–Trinajstić information content (AvgIpc) is 2.94. The van der Waals surface area contributed by atoms with Gasteiger partial charge in [0, 0.05) is 11.4 Å². The predicted molar refractivity (Wildman–Crippen MR) is 83.0 cm³/mol. The second-order valence-electron chi connectivity index (χ2n) is 6.06. The minimum Gasteiger partial charge on any atom is -0.330 e. The van der Waals surface area contributed by atoms with Gasteiger partial charge in [-0.1, -0.05) is 6.92 Å². The molecule has 1 fully saturated rings. The molecule has 0 bridgehead atoms. The van der Waals surface area contributed by atoms with Gasteiger partial charge in [0.1, 0.15) is 0 Å². The monoisotopic (exact) mass is 296 g/mol. The number of nitrogens with zero attached hydrogens (tertiary/aromatic N) is 2. The third-order valence-electron chi connectivity index (χ3n) is 4.27. The zero-order valence-electron chi connectivity index (χ0n) is 12.7. The molecule has 2 rings (SSSR count).